The highest BCUT2D eigenvalue weighted by Crippen LogP contribution is 2.46. The van der Waals surface area contributed by atoms with Crippen LogP contribution in [0.1, 0.15) is 33.4 Å². The van der Waals surface area contributed by atoms with Gasteiger partial charge in [0.25, 0.3) is 0 Å². The molecule has 0 N–H and O–H groups in total. The third-order valence-electron chi connectivity index (χ3n) is 7.58. The molecule has 0 nitrogen and oxygen atoms in total. The van der Waals surface area contributed by atoms with Crippen molar-refractivity contribution in [3.8, 4) is 11.1 Å². The van der Waals surface area contributed by atoms with Crippen LogP contribution in [0.3, 0.4) is 0 Å². The van der Waals surface area contributed by atoms with Crippen LogP contribution in [0.5, 0.6) is 0 Å². The Morgan fingerprint density at radius 2 is 0.450 bits per heavy atom. The van der Waals surface area contributed by atoms with E-state index in [1.54, 1.807) is 0 Å². The van der Waals surface area contributed by atoms with Crippen molar-refractivity contribution >= 4 is 31.9 Å². The molecule has 0 bridgehead atoms. The average Bonchev–Trinajstić information content (AvgIpc) is 3.06. The molecule has 0 saturated heterocycles. The summed E-state index contributed by atoms with van der Waals surface area (Å²) in [5.41, 5.74) is 9.57. The topological polar surface area (TPSA) is 0 Å². The molecule has 0 amide bonds. The van der Waals surface area contributed by atoms with Gasteiger partial charge in [-0.25, -0.2) is 0 Å². The SMILES string of the molecule is BrC(c1ccccc1)(c1ccccc1)c1ccc(-c2ccc(C(Br)(c3ccccc3)c3ccccc3)cc2)cc1. The lowest BCUT2D eigenvalue weighted by Crippen LogP contribution is -2.21. The fourth-order valence-corrected chi connectivity index (χ4v) is 7.04. The Morgan fingerprint density at radius 3 is 0.675 bits per heavy atom. The minimum absolute atomic E-state index is 0.432. The molecule has 6 rings (SSSR count). The Hall–Kier alpha value is -3.72. The van der Waals surface area contributed by atoms with Gasteiger partial charge in [0.15, 0.2) is 0 Å². The lowest BCUT2D eigenvalue weighted by atomic mass is 9.83. The Bertz CT molecular complexity index is 1450. The summed E-state index contributed by atoms with van der Waals surface area (Å²) < 4.78 is -0.863. The van der Waals surface area contributed by atoms with Gasteiger partial charge in [0.2, 0.25) is 0 Å². The van der Waals surface area contributed by atoms with Gasteiger partial charge in [-0.05, 0) is 44.5 Å². The quantitative estimate of drug-likeness (QED) is 0.120. The molecule has 0 aliphatic rings. The van der Waals surface area contributed by atoms with Crippen LogP contribution >= 0.6 is 31.9 Å². The predicted molar refractivity (Wildman–Crippen MR) is 175 cm³/mol. The van der Waals surface area contributed by atoms with Gasteiger partial charge in [-0.2, -0.15) is 0 Å². The third-order valence-corrected chi connectivity index (χ3v) is 10.3. The van der Waals surface area contributed by atoms with E-state index in [0.29, 0.717) is 0 Å². The molecule has 0 fully saturated rings. The fourth-order valence-electron chi connectivity index (χ4n) is 5.46. The van der Waals surface area contributed by atoms with Gasteiger partial charge < -0.3 is 0 Å². The molecule has 6 aromatic rings. The van der Waals surface area contributed by atoms with Crippen molar-refractivity contribution in [2.75, 3.05) is 0 Å². The maximum absolute atomic E-state index is 4.16. The molecule has 0 aliphatic carbocycles. The van der Waals surface area contributed by atoms with Crippen LogP contribution in [-0.2, 0) is 8.65 Å². The highest BCUT2D eigenvalue weighted by molar-refractivity contribution is 9.10. The van der Waals surface area contributed by atoms with Crippen LogP contribution in [0.4, 0.5) is 0 Å². The van der Waals surface area contributed by atoms with Gasteiger partial charge in [-0.15, -0.1) is 0 Å². The van der Waals surface area contributed by atoms with Crippen LogP contribution in [-0.4, -0.2) is 0 Å². The smallest absolute Gasteiger partial charge is 0.0696 e. The summed E-state index contributed by atoms with van der Waals surface area (Å²) in [5.74, 6) is 0. The third kappa shape index (κ3) is 4.87. The summed E-state index contributed by atoms with van der Waals surface area (Å²) in [6.45, 7) is 0. The Labute approximate surface area is 253 Å². The van der Waals surface area contributed by atoms with Crippen LogP contribution in [0, 0.1) is 0 Å². The molecule has 0 radical (unpaired) electrons. The van der Waals surface area contributed by atoms with E-state index in [-0.39, 0.29) is 0 Å². The highest BCUT2D eigenvalue weighted by atomic mass is 79.9. The molecule has 0 aliphatic heterocycles. The zero-order valence-electron chi connectivity index (χ0n) is 21.9. The molecule has 0 unspecified atom stereocenters. The van der Waals surface area contributed by atoms with Crippen LogP contribution in [0.2, 0.25) is 0 Å². The van der Waals surface area contributed by atoms with Crippen molar-refractivity contribution in [3.05, 3.63) is 203 Å². The first-order valence-corrected chi connectivity index (χ1v) is 15.0. The van der Waals surface area contributed by atoms with Crippen molar-refractivity contribution < 1.29 is 0 Å². The summed E-state index contributed by atoms with van der Waals surface area (Å²) in [4.78, 5) is 0. The maximum Gasteiger partial charge on any atom is 0.100 e. The largest absolute Gasteiger partial charge is 0.100 e. The molecule has 0 spiro atoms. The van der Waals surface area contributed by atoms with E-state index in [0.717, 1.165) is 0 Å². The van der Waals surface area contributed by atoms with Crippen molar-refractivity contribution in [1.29, 1.82) is 0 Å². The maximum atomic E-state index is 4.16. The number of hydrogen-bond donors (Lipinski definition) is 0. The highest BCUT2D eigenvalue weighted by Gasteiger charge is 2.34. The van der Waals surface area contributed by atoms with Crippen molar-refractivity contribution in [3.63, 3.8) is 0 Å². The molecule has 0 heterocycles. The van der Waals surface area contributed by atoms with Crippen molar-refractivity contribution in [2.45, 2.75) is 8.65 Å². The predicted octanol–water partition coefficient (Wildman–Crippen LogP) is 10.7. The minimum Gasteiger partial charge on any atom is -0.0696 e. The summed E-state index contributed by atoms with van der Waals surface area (Å²) >= 11 is 8.32. The lowest BCUT2D eigenvalue weighted by Gasteiger charge is -2.30. The van der Waals surface area contributed by atoms with Crippen LogP contribution < -0.4 is 0 Å². The summed E-state index contributed by atoms with van der Waals surface area (Å²) in [7, 11) is 0. The normalized spacial score (nSPS) is 11.8. The van der Waals surface area contributed by atoms with Crippen molar-refractivity contribution in [2.24, 2.45) is 0 Å². The summed E-state index contributed by atoms with van der Waals surface area (Å²) in [6.07, 6.45) is 0. The number of hydrogen-bond acceptors (Lipinski definition) is 0. The van der Waals surface area contributed by atoms with Crippen LogP contribution in [0.15, 0.2) is 170 Å². The van der Waals surface area contributed by atoms with Gasteiger partial charge in [-0.3, -0.25) is 0 Å². The van der Waals surface area contributed by atoms with Gasteiger partial charge in [0.05, 0.1) is 0 Å². The Morgan fingerprint density at radius 1 is 0.250 bits per heavy atom. The molecule has 2 heteroatoms. The molecular formula is C38H28Br2. The second-order valence-corrected chi connectivity index (χ2v) is 12.3. The molecule has 0 atom stereocenters. The second kappa shape index (κ2) is 11.4. The second-order valence-electron chi connectivity index (χ2n) is 9.94. The van der Waals surface area contributed by atoms with E-state index in [1.807, 2.05) is 0 Å². The zero-order chi connectivity index (χ0) is 27.4. The van der Waals surface area contributed by atoms with Crippen molar-refractivity contribution in [1.82, 2.24) is 0 Å². The molecule has 0 saturated carbocycles. The monoisotopic (exact) mass is 642 g/mol. The van der Waals surface area contributed by atoms with Crippen LogP contribution in [0.25, 0.3) is 11.1 Å². The van der Waals surface area contributed by atoms with E-state index >= 15 is 0 Å². The van der Waals surface area contributed by atoms with E-state index in [9.17, 15) is 0 Å². The van der Waals surface area contributed by atoms with E-state index in [2.05, 4.69) is 202 Å². The zero-order valence-corrected chi connectivity index (χ0v) is 25.1. The van der Waals surface area contributed by atoms with E-state index in [4.69, 9.17) is 0 Å². The van der Waals surface area contributed by atoms with Gasteiger partial charge in [-0.1, -0.05) is 202 Å². The van der Waals surface area contributed by atoms with Gasteiger partial charge >= 0.3 is 0 Å². The number of halogens is 2. The lowest BCUT2D eigenvalue weighted by molar-refractivity contribution is 0.916. The number of alkyl halides is 2. The molecule has 6 aromatic carbocycles. The van der Waals surface area contributed by atoms with E-state index in [1.165, 1.54) is 44.5 Å². The molecular weight excluding hydrogens is 616 g/mol. The van der Waals surface area contributed by atoms with Gasteiger partial charge in [0, 0.05) is 0 Å². The van der Waals surface area contributed by atoms with Gasteiger partial charge in [0.1, 0.15) is 8.65 Å². The number of rotatable bonds is 7. The number of benzene rings is 6. The fraction of sp³-hybridized carbons (Fsp3) is 0.0526. The first-order valence-electron chi connectivity index (χ1n) is 13.4. The Kier molecular flexibility index (Phi) is 7.56. The first-order chi connectivity index (χ1) is 19.6. The summed E-state index contributed by atoms with van der Waals surface area (Å²) in [6, 6.07) is 60.3. The molecule has 194 valence electrons. The standard InChI is InChI=1S/C38H28Br2/c39-37(31-13-5-1-6-14-31,32-15-7-2-8-16-32)35-25-21-29(22-26-35)30-23-27-36(28-24-30)38(40,33-17-9-3-10-18-33)34-19-11-4-12-20-34/h1-28H. The molecule has 40 heavy (non-hydrogen) atoms. The Balaban J connectivity index is 1.36. The first kappa shape index (κ1) is 26.5. The molecule has 0 aromatic heterocycles. The minimum atomic E-state index is -0.432. The van der Waals surface area contributed by atoms with E-state index < -0.39 is 8.65 Å². The average molecular weight is 644 g/mol. The summed E-state index contributed by atoms with van der Waals surface area (Å²) in [5, 5.41) is 0.